The zero-order chi connectivity index (χ0) is 32.1. The molecule has 12 nitrogen and oxygen atoms in total. The third-order valence-corrected chi connectivity index (χ3v) is 8.04. The van der Waals surface area contributed by atoms with E-state index in [4.69, 9.17) is 23.7 Å². The molecule has 238 valence electrons. The number of hydrogen-bond donors (Lipinski definition) is 1. The van der Waals surface area contributed by atoms with Crippen molar-refractivity contribution in [2.45, 2.75) is 56.5 Å². The largest absolute Gasteiger partial charge is 0.494 e. The quantitative estimate of drug-likeness (QED) is 0.308. The number of benzene rings is 2. The van der Waals surface area contributed by atoms with E-state index < -0.39 is 41.2 Å². The van der Waals surface area contributed by atoms with Crippen molar-refractivity contribution >= 4 is 29.6 Å². The van der Waals surface area contributed by atoms with E-state index >= 15 is 0 Å². The van der Waals surface area contributed by atoms with Gasteiger partial charge in [0.1, 0.15) is 5.75 Å². The van der Waals surface area contributed by atoms with Crippen LogP contribution in [0.4, 0.5) is 5.69 Å². The molecule has 1 N–H and O–H groups in total. The number of aliphatic hydroxyl groups is 1. The van der Waals surface area contributed by atoms with E-state index in [1.54, 1.807) is 31.3 Å². The first kappa shape index (κ1) is 31.7. The maximum atomic E-state index is 13.0. The first-order valence-corrected chi connectivity index (χ1v) is 14.8. The molecule has 0 radical (unpaired) electrons. The molecule has 1 saturated heterocycles. The van der Waals surface area contributed by atoms with E-state index in [1.807, 2.05) is 35.2 Å². The highest BCUT2D eigenvalue weighted by atomic mass is 16.8. The number of anilines is 1. The molecule has 0 aliphatic carbocycles. The summed E-state index contributed by atoms with van der Waals surface area (Å²) in [7, 11) is 1.80. The van der Waals surface area contributed by atoms with Gasteiger partial charge in [0.25, 0.3) is 0 Å². The molecule has 1 fully saturated rings. The lowest BCUT2D eigenvalue weighted by Gasteiger charge is -2.58. The Labute approximate surface area is 260 Å². The maximum absolute atomic E-state index is 13.0. The summed E-state index contributed by atoms with van der Waals surface area (Å²) < 4.78 is 28.8. The summed E-state index contributed by atoms with van der Waals surface area (Å²) in [5.41, 5.74) is -0.701. The van der Waals surface area contributed by atoms with Crippen LogP contribution in [0.25, 0.3) is 0 Å². The van der Waals surface area contributed by atoms with Crippen molar-refractivity contribution < 1.29 is 48.0 Å². The minimum Gasteiger partial charge on any atom is -0.494 e. The Hall–Kier alpha value is -4.68. The summed E-state index contributed by atoms with van der Waals surface area (Å²) in [5.74, 6) is -9.01. The normalized spacial score (nSPS) is 22.2. The second-order valence-corrected chi connectivity index (χ2v) is 11.1. The Morgan fingerprint density at radius 3 is 2.00 bits per heavy atom. The van der Waals surface area contributed by atoms with Crippen LogP contribution < -0.4 is 9.64 Å². The van der Waals surface area contributed by atoms with Crippen molar-refractivity contribution in [1.29, 1.82) is 0 Å². The monoisotopic (exact) mass is 620 g/mol. The Morgan fingerprint density at radius 2 is 1.42 bits per heavy atom. The van der Waals surface area contributed by atoms with E-state index in [-0.39, 0.29) is 32.5 Å². The first-order valence-electron chi connectivity index (χ1n) is 14.8. The summed E-state index contributed by atoms with van der Waals surface area (Å²) in [5, 5.41) is 12.5. The lowest BCUT2D eigenvalue weighted by molar-refractivity contribution is -0.462. The number of carbonyl (C=O) groups is 4. The van der Waals surface area contributed by atoms with Crippen molar-refractivity contribution in [3.63, 3.8) is 0 Å². The van der Waals surface area contributed by atoms with Gasteiger partial charge in [0, 0.05) is 63.1 Å². The number of carbonyl (C=O) groups excluding carboxylic acids is 4. The highest BCUT2D eigenvalue weighted by Gasteiger charge is 2.79. The molecule has 0 saturated carbocycles. The summed E-state index contributed by atoms with van der Waals surface area (Å²) in [4.78, 5) is 55.3. The van der Waals surface area contributed by atoms with Crippen molar-refractivity contribution in [2.24, 2.45) is 0 Å². The molecule has 2 aromatic rings. The highest BCUT2D eigenvalue weighted by Crippen LogP contribution is 2.52. The van der Waals surface area contributed by atoms with Crippen LogP contribution in [-0.2, 0) is 44.7 Å². The number of piperidine rings is 1. The predicted octanol–water partition coefficient (Wildman–Crippen LogP) is 2.99. The fraction of sp³-hybridized carbons (Fsp3) is 0.394. The highest BCUT2D eigenvalue weighted by molar-refractivity contribution is 5.95. The van der Waals surface area contributed by atoms with Gasteiger partial charge in [-0.25, -0.2) is 24.1 Å². The molecule has 12 heteroatoms. The lowest BCUT2D eigenvalue weighted by Crippen LogP contribution is -2.81. The Morgan fingerprint density at radius 1 is 0.844 bits per heavy atom. The zero-order valence-corrected chi connectivity index (χ0v) is 25.2. The van der Waals surface area contributed by atoms with Gasteiger partial charge in [0.15, 0.2) is 5.60 Å². The number of ether oxygens (including phenoxy) is 5. The van der Waals surface area contributed by atoms with Gasteiger partial charge in [-0.15, -0.1) is 0 Å². The van der Waals surface area contributed by atoms with Gasteiger partial charge in [-0.05, 0) is 42.7 Å². The van der Waals surface area contributed by atoms with E-state index in [1.165, 1.54) is 4.90 Å². The maximum Gasteiger partial charge on any atom is 0.405 e. The minimum atomic E-state index is -2.82. The Bertz CT molecular complexity index is 1430. The van der Waals surface area contributed by atoms with Crippen LogP contribution in [0.1, 0.15) is 38.2 Å². The molecule has 1 atom stereocenters. The van der Waals surface area contributed by atoms with Crippen LogP contribution in [0, 0.1) is 0 Å². The lowest BCUT2D eigenvalue weighted by atomic mass is 9.78. The summed E-state index contributed by atoms with van der Waals surface area (Å²) in [6, 6.07) is 16.4. The van der Waals surface area contributed by atoms with Gasteiger partial charge in [-0.3, -0.25) is 0 Å². The standard InChI is InChI=1S/C33H36N2O10/c1-3-4-22-41-26-12-10-25(11-13-26)34(2)20-18-31(40)19-21-35(23-24-8-6-5-7-9-24)33(44-29(38)16-17-30(39)45-33)32(31)42-27(36)14-15-28(37)43-32/h5-17,40H,3-4,18-23H2,1-2H3. The molecule has 0 bridgehead atoms. The minimum absolute atomic E-state index is 0.00827. The van der Waals surface area contributed by atoms with Gasteiger partial charge >= 0.3 is 35.6 Å². The number of hydrogen-bond acceptors (Lipinski definition) is 12. The van der Waals surface area contributed by atoms with Crippen molar-refractivity contribution in [2.75, 3.05) is 31.6 Å². The molecule has 3 aliphatic heterocycles. The van der Waals surface area contributed by atoms with Gasteiger partial charge in [0.2, 0.25) is 0 Å². The van der Waals surface area contributed by atoms with Crippen LogP contribution in [0.5, 0.6) is 5.75 Å². The number of esters is 4. The van der Waals surface area contributed by atoms with Gasteiger partial charge in [-0.1, -0.05) is 43.7 Å². The molecule has 2 aromatic carbocycles. The van der Waals surface area contributed by atoms with E-state index in [9.17, 15) is 24.3 Å². The predicted molar refractivity (Wildman–Crippen MR) is 159 cm³/mol. The van der Waals surface area contributed by atoms with Gasteiger partial charge < -0.3 is 33.7 Å². The van der Waals surface area contributed by atoms with E-state index in [0.29, 0.717) is 12.2 Å². The van der Waals surface area contributed by atoms with Crippen LogP contribution in [-0.4, -0.2) is 77.9 Å². The molecule has 2 spiro atoms. The molecule has 3 heterocycles. The number of fused-ring (bicyclic) bond motifs is 1. The molecule has 0 amide bonds. The summed E-state index contributed by atoms with van der Waals surface area (Å²) in [6.07, 6.45) is 5.03. The third kappa shape index (κ3) is 6.43. The second-order valence-electron chi connectivity index (χ2n) is 11.1. The smallest absolute Gasteiger partial charge is 0.405 e. The SMILES string of the molecule is CCCCOc1ccc(N(C)CCC2(O)CCN(Cc3ccccc3)C3(OC(=O)C=CC(=O)O3)C23OC(=O)C=CC(=O)O3)cc1. The van der Waals surface area contributed by atoms with Crippen molar-refractivity contribution in [3.05, 3.63) is 84.5 Å². The van der Waals surface area contributed by atoms with Crippen LogP contribution in [0.3, 0.4) is 0 Å². The van der Waals surface area contributed by atoms with Gasteiger partial charge in [0.05, 0.1) is 6.61 Å². The molecular weight excluding hydrogens is 584 g/mol. The zero-order valence-electron chi connectivity index (χ0n) is 25.2. The third-order valence-electron chi connectivity index (χ3n) is 8.04. The summed E-state index contributed by atoms with van der Waals surface area (Å²) in [6.45, 7) is 2.85. The number of rotatable bonds is 10. The van der Waals surface area contributed by atoms with Crippen LogP contribution in [0.2, 0.25) is 0 Å². The fourth-order valence-electron chi connectivity index (χ4n) is 5.61. The summed E-state index contributed by atoms with van der Waals surface area (Å²) >= 11 is 0. The molecular formula is C33H36N2O10. The van der Waals surface area contributed by atoms with Gasteiger partial charge in [-0.2, -0.15) is 0 Å². The molecule has 0 aromatic heterocycles. The number of nitrogens with zero attached hydrogens (tertiary/aromatic N) is 2. The molecule has 3 aliphatic rings. The molecule has 45 heavy (non-hydrogen) atoms. The molecule has 5 rings (SSSR count). The second kappa shape index (κ2) is 13.1. The van der Waals surface area contributed by atoms with Crippen molar-refractivity contribution in [1.82, 2.24) is 4.90 Å². The van der Waals surface area contributed by atoms with Crippen molar-refractivity contribution in [3.8, 4) is 5.75 Å². The van der Waals surface area contributed by atoms with E-state index in [2.05, 4.69) is 6.92 Å². The fourth-order valence-corrected chi connectivity index (χ4v) is 5.61. The molecule has 1 unspecified atom stereocenters. The topological polar surface area (TPSA) is 141 Å². The Kier molecular flexibility index (Phi) is 9.26. The number of unbranched alkanes of at least 4 members (excludes halogenated alkanes) is 1. The number of likely N-dealkylation sites (tertiary alicyclic amines) is 1. The Balaban J connectivity index is 1.52. The average molecular weight is 621 g/mol. The van der Waals surface area contributed by atoms with Crippen LogP contribution in [0.15, 0.2) is 78.9 Å². The first-order chi connectivity index (χ1) is 21.6. The van der Waals surface area contributed by atoms with E-state index in [0.717, 1.165) is 48.6 Å². The van der Waals surface area contributed by atoms with Crippen LogP contribution >= 0.6 is 0 Å². The average Bonchev–Trinajstić information content (AvgIpc) is 3.29.